The lowest BCUT2D eigenvalue weighted by Gasteiger charge is -2.28. The van der Waals surface area contributed by atoms with Crippen LogP contribution in [0.15, 0.2) is 12.1 Å². The molecule has 17 heavy (non-hydrogen) atoms. The highest BCUT2D eigenvalue weighted by atomic mass is 127. The van der Waals surface area contributed by atoms with Crippen LogP contribution in [0.1, 0.15) is 20.3 Å². The average molecular weight is 348 g/mol. The molecular weight excluding hydrogens is 334 g/mol. The molecule has 3 nitrogen and oxygen atoms in total. The van der Waals surface area contributed by atoms with Gasteiger partial charge in [-0.3, -0.25) is 4.79 Å². The minimum atomic E-state index is -0.244. The van der Waals surface area contributed by atoms with Crippen molar-refractivity contribution >= 4 is 39.9 Å². The Labute approximate surface area is 114 Å². The molecule has 1 aliphatic heterocycles. The molecule has 0 bridgehead atoms. The molecular formula is C12H14FIN2O. The van der Waals surface area contributed by atoms with Crippen molar-refractivity contribution in [2.75, 3.05) is 16.8 Å². The Balaban J connectivity index is 2.55. The van der Waals surface area contributed by atoms with Gasteiger partial charge in [0.05, 0.1) is 14.9 Å². The number of nitrogens with zero attached hydrogens (tertiary/aromatic N) is 1. The summed E-state index contributed by atoms with van der Waals surface area (Å²) in [4.78, 5) is 13.7. The van der Waals surface area contributed by atoms with Crippen LogP contribution in [0.3, 0.4) is 0 Å². The van der Waals surface area contributed by atoms with E-state index in [1.54, 1.807) is 6.07 Å². The van der Waals surface area contributed by atoms with Crippen LogP contribution in [-0.4, -0.2) is 18.5 Å². The first-order valence-corrected chi connectivity index (χ1v) is 6.66. The third-order valence-corrected chi connectivity index (χ3v) is 3.80. The van der Waals surface area contributed by atoms with E-state index in [-0.39, 0.29) is 17.8 Å². The molecule has 1 unspecified atom stereocenters. The van der Waals surface area contributed by atoms with Crippen molar-refractivity contribution in [3.05, 3.63) is 21.5 Å². The largest absolute Gasteiger partial charge is 0.367 e. The third kappa shape index (κ3) is 2.38. The molecule has 0 saturated carbocycles. The van der Waals surface area contributed by atoms with Gasteiger partial charge in [0.2, 0.25) is 5.91 Å². The molecule has 0 spiro atoms. The minimum absolute atomic E-state index is 0.0166. The molecule has 1 atom stereocenters. The lowest BCUT2D eigenvalue weighted by Crippen LogP contribution is -2.33. The Morgan fingerprint density at radius 3 is 2.94 bits per heavy atom. The topological polar surface area (TPSA) is 32.3 Å². The zero-order chi connectivity index (χ0) is 12.6. The summed E-state index contributed by atoms with van der Waals surface area (Å²) in [6.45, 7) is 4.74. The van der Waals surface area contributed by atoms with Gasteiger partial charge in [0.1, 0.15) is 5.82 Å². The van der Waals surface area contributed by atoms with Crippen molar-refractivity contribution in [2.45, 2.75) is 26.3 Å². The number of benzene rings is 1. The van der Waals surface area contributed by atoms with E-state index < -0.39 is 0 Å². The molecule has 1 N–H and O–H groups in total. The lowest BCUT2D eigenvalue weighted by atomic mass is 10.2. The van der Waals surface area contributed by atoms with Crippen molar-refractivity contribution in [3.8, 4) is 0 Å². The Morgan fingerprint density at radius 2 is 2.29 bits per heavy atom. The number of nitrogens with one attached hydrogen (secondary N) is 1. The van der Waals surface area contributed by atoms with Gasteiger partial charge in [-0.15, -0.1) is 0 Å². The molecule has 5 heteroatoms. The second kappa shape index (κ2) is 4.80. The maximum absolute atomic E-state index is 13.6. The van der Waals surface area contributed by atoms with Crippen molar-refractivity contribution in [3.63, 3.8) is 0 Å². The number of carbonyl (C=O) groups is 1. The molecule has 92 valence electrons. The summed E-state index contributed by atoms with van der Waals surface area (Å²) in [6, 6.07) is 3.27. The maximum Gasteiger partial charge on any atom is 0.226 e. The first-order chi connectivity index (χ1) is 8.02. The van der Waals surface area contributed by atoms with E-state index in [9.17, 15) is 9.18 Å². The molecule has 0 radical (unpaired) electrons. The summed E-state index contributed by atoms with van der Waals surface area (Å²) in [5.41, 5.74) is 1.47. The number of anilines is 2. The highest BCUT2D eigenvalue weighted by molar-refractivity contribution is 14.1. The fourth-order valence-corrected chi connectivity index (χ4v) is 2.64. The summed E-state index contributed by atoms with van der Waals surface area (Å²) >= 11 is 1.93. The molecule has 0 aromatic heterocycles. The second-order valence-corrected chi connectivity index (χ2v) is 5.33. The number of halogens is 2. The lowest BCUT2D eigenvalue weighted by molar-refractivity contribution is -0.116. The predicted molar refractivity (Wildman–Crippen MR) is 74.8 cm³/mol. The van der Waals surface area contributed by atoms with Crippen LogP contribution in [0.2, 0.25) is 0 Å². The highest BCUT2D eigenvalue weighted by Gasteiger charge is 2.25. The van der Waals surface area contributed by atoms with Gasteiger partial charge in [-0.05, 0) is 42.5 Å². The Morgan fingerprint density at radius 1 is 1.59 bits per heavy atom. The fourth-order valence-electron chi connectivity index (χ4n) is 2.17. The molecule has 2 rings (SSSR count). The van der Waals surface area contributed by atoms with Gasteiger partial charge >= 0.3 is 0 Å². The van der Waals surface area contributed by atoms with Crippen LogP contribution in [0.25, 0.3) is 0 Å². The SMILES string of the molecule is CCN1c2cc(F)c(I)cc2NC(=O)CC1C. The van der Waals surface area contributed by atoms with Crippen LogP contribution in [-0.2, 0) is 4.79 Å². The van der Waals surface area contributed by atoms with E-state index in [0.29, 0.717) is 15.7 Å². The van der Waals surface area contributed by atoms with E-state index in [2.05, 4.69) is 5.32 Å². The maximum atomic E-state index is 13.6. The molecule has 1 heterocycles. The molecule has 1 aromatic carbocycles. The van der Waals surface area contributed by atoms with Crippen molar-refractivity contribution in [1.29, 1.82) is 0 Å². The van der Waals surface area contributed by atoms with Gasteiger partial charge in [0.25, 0.3) is 0 Å². The number of fused-ring (bicyclic) bond motifs is 1. The van der Waals surface area contributed by atoms with Crippen molar-refractivity contribution in [2.24, 2.45) is 0 Å². The fraction of sp³-hybridized carbons (Fsp3) is 0.417. The van der Waals surface area contributed by atoms with Crippen LogP contribution in [0.5, 0.6) is 0 Å². The second-order valence-electron chi connectivity index (χ2n) is 4.17. The Kier molecular flexibility index (Phi) is 3.56. The first kappa shape index (κ1) is 12.6. The number of carbonyl (C=O) groups excluding carboxylic acids is 1. The van der Waals surface area contributed by atoms with Crippen molar-refractivity contribution < 1.29 is 9.18 Å². The van der Waals surface area contributed by atoms with Gasteiger partial charge in [-0.2, -0.15) is 0 Å². The molecule has 0 aliphatic carbocycles. The van der Waals surface area contributed by atoms with Gasteiger partial charge < -0.3 is 10.2 Å². The smallest absolute Gasteiger partial charge is 0.226 e. The van der Waals surface area contributed by atoms with E-state index in [0.717, 1.165) is 12.2 Å². The van der Waals surface area contributed by atoms with Crippen LogP contribution >= 0.6 is 22.6 Å². The molecule has 1 amide bonds. The van der Waals surface area contributed by atoms with Crippen LogP contribution in [0.4, 0.5) is 15.8 Å². The number of rotatable bonds is 1. The van der Waals surface area contributed by atoms with E-state index in [4.69, 9.17) is 0 Å². The monoisotopic (exact) mass is 348 g/mol. The molecule has 0 saturated heterocycles. The minimum Gasteiger partial charge on any atom is -0.367 e. The standard InChI is InChI=1S/C12H14FIN2O/c1-3-16-7(2)4-12(17)15-10-6-9(14)8(13)5-11(10)16/h5-7H,3-4H2,1-2H3,(H,15,17). The first-order valence-electron chi connectivity index (χ1n) is 5.58. The summed E-state index contributed by atoms with van der Waals surface area (Å²) < 4.78 is 14.1. The normalized spacial score (nSPS) is 19.6. The zero-order valence-corrected chi connectivity index (χ0v) is 11.9. The van der Waals surface area contributed by atoms with E-state index >= 15 is 0 Å². The molecule has 1 aliphatic rings. The number of hydrogen-bond donors (Lipinski definition) is 1. The van der Waals surface area contributed by atoms with Crippen LogP contribution in [0, 0.1) is 9.39 Å². The van der Waals surface area contributed by atoms with Gasteiger partial charge in [-0.25, -0.2) is 4.39 Å². The van der Waals surface area contributed by atoms with Gasteiger partial charge in [0.15, 0.2) is 0 Å². The highest BCUT2D eigenvalue weighted by Crippen LogP contribution is 2.33. The van der Waals surface area contributed by atoms with Gasteiger partial charge in [-0.1, -0.05) is 0 Å². The average Bonchev–Trinajstić information content (AvgIpc) is 2.35. The van der Waals surface area contributed by atoms with E-state index in [1.807, 2.05) is 41.3 Å². The van der Waals surface area contributed by atoms with Crippen molar-refractivity contribution in [1.82, 2.24) is 0 Å². The van der Waals surface area contributed by atoms with E-state index in [1.165, 1.54) is 6.07 Å². The number of amides is 1. The summed E-state index contributed by atoms with van der Waals surface area (Å²) in [7, 11) is 0. The van der Waals surface area contributed by atoms with Crippen LogP contribution < -0.4 is 10.2 Å². The third-order valence-electron chi connectivity index (χ3n) is 2.98. The summed E-state index contributed by atoms with van der Waals surface area (Å²) in [5.74, 6) is -0.261. The predicted octanol–water partition coefficient (Wildman–Crippen LogP) is 2.99. The quantitative estimate of drug-likeness (QED) is 0.792. The zero-order valence-electron chi connectivity index (χ0n) is 9.76. The molecule has 0 fully saturated rings. The summed E-state index contributed by atoms with van der Waals surface area (Å²) in [5, 5.41) is 2.83. The Bertz CT molecular complexity index is 464. The Hall–Kier alpha value is -0.850. The molecule has 1 aromatic rings. The van der Waals surface area contributed by atoms with Gasteiger partial charge in [0, 0.05) is 25.1 Å². The number of hydrogen-bond acceptors (Lipinski definition) is 2. The summed E-state index contributed by atoms with van der Waals surface area (Å²) in [6.07, 6.45) is 0.431.